The molecule has 4 rings (SSSR count). The van der Waals surface area contributed by atoms with Gasteiger partial charge < -0.3 is 4.98 Å². The lowest BCUT2D eigenvalue weighted by Gasteiger charge is -2.04. The van der Waals surface area contributed by atoms with Gasteiger partial charge in [0.25, 0.3) is 5.56 Å². The predicted octanol–water partition coefficient (Wildman–Crippen LogP) is 5.10. The van der Waals surface area contributed by atoms with Crippen LogP contribution in [0, 0.1) is 17.1 Å². The third kappa shape index (κ3) is 3.70. The van der Waals surface area contributed by atoms with Crippen molar-refractivity contribution < 1.29 is 4.39 Å². The lowest BCUT2D eigenvalue weighted by Crippen LogP contribution is -2.10. The number of thiophene rings is 1. The number of aromatic nitrogens is 2. The van der Waals surface area contributed by atoms with Crippen molar-refractivity contribution in [2.24, 2.45) is 0 Å². The van der Waals surface area contributed by atoms with Crippen molar-refractivity contribution in [1.29, 1.82) is 5.26 Å². The molecule has 0 aliphatic heterocycles. The zero-order valence-corrected chi connectivity index (χ0v) is 16.2. The minimum absolute atomic E-state index is 0.196. The zero-order chi connectivity index (χ0) is 19.5. The highest BCUT2D eigenvalue weighted by molar-refractivity contribution is 7.97. The number of hydrogen-bond acceptors (Lipinski definition) is 5. The molecule has 2 heterocycles. The number of rotatable bonds is 5. The van der Waals surface area contributed by atoms with Crippen LogP contribution in [0.2, 0.25) is 0 Å². The van der Waals surface area contributed by atoms with Gasteiger partial charge in [-0.15, -0.1) is 23.1 Å². The minimum atomic E-state index is -0.312. The molecule has 0 spiro atoms. The van der Waals surface area contributed by atoms with Crippen LogP contribution in [0.4, 0.5) is 4.39 Å². The second kappa shape index (κ2) is 7.97. The van der Waals surface area contributed by atoms with Crippen LogP contribution in [-0.4, -0.2) is 9.97 Å². The Labute approximate surface area is 168 Å². The number of aromatic amines is 1. The quantitative estimate of drug-likeness (QED) is 0.500. The second-order valence-corrected chi connectivity index (χ2v) is 7.95. The fourth-order valence-electron chi connectivity index (χ4n) is 2.92. The number of thioether (sulfide) groups is 1. The average molecular weight is 407 g/mol. The maximum Gasteiger partial charge on any atom is 0.260 e. The van der Waals surface area contributed by atoms with E-state index in [1.165, 1.54) is 23.5 Å². The number of nitrogens with zero attached hydrogens (tertiary/aromatic N) is 2. The standard InChI is InChI=1S/C21H14FN3OS2/c22-16-7-5-13(6-8-16)17-11-28-21-19(17)20(26)24-18(25-21)12-27-10-15-4-2-1-3-14(15)9-23/h1-8,11H,10,12H2,(H,24,25,26). The molecule has 2 aromatic heterocycles. The molecule has 0 unspecified atom stereocenters. The fraction of sp³-hybridized carbons (Fsp3) is 0.0952. The van der Waals surface area contributed by atoms with Gasteiger partial charge in [-0.3, -0.25) is 4.79 Å². The van der Waals surface area contributed by atoms with E-state index in [0.717, 1.165) is 16.7 Å². The van der Waals surface area contributed by atoms with Crippen LogP contribution in [-0.2, 0) is 11.5 Å². The van der Waals surface area contributed by atoms with Crippen LogP contribution in [0.25, 0.3) is 21.3 Å². The SMILES string of the molecule is N#Cc1ccccc1CSCc1nc2scc(-c3ccc(F)cc3)c2c(=O)[nH]1. The summed E-state index contributed by atoms with van der Waals surface area (Å²) in [4.78, 5) is 20.7. The third-order valence-electron chi connectivity index (χ3n) is 4.28. The molecule has 0 amide bonds. The summed E-state index contributed by atoms with van der Waals surface area (Å²) in [6.07, 6.45) is 0. The van der Waals surface area contributed by atoms with Gasteiger partial charge in [0.2, 0.25) is 0 Å². The first-order valence-electron chi connectivity index (χ1n) is 8.48. The Morgan fingerprint density at radius 3 is 2.71 bits per heavy atom. The fourth-order valence-corrected chi connectivity index (χ4v) is 4.79. The van der Waals surface area contributed by atoms with Gasteiger partial charge in [-0.05, 0) is 29.3 Å². The van der Waals surface area contributed by atoms with Crippen LogP contribution < -0.4 is 5.56 Å². The summed E-state index contributed by atoms with van der Waals surface area (Å²) in [5.74, 6) is 1.49. The number of nitrogens with one attached hydrogen (secondary N) is 1. The first-order valence-corrected chi connectivity index (χ1v) is 10.5. The van der Waals surface area contributed by atoms with Crippen molar-refractivity contribution in [3.8, 4) is 17.2 Å². The highest BCUT2D eigenvalue weighted by atomic mass is 32.2. The van der Waals surface area contributed by atoms with Crippen LogP contribution in [0.15, 0.2) is 58.7 Å². The summed E-state index contributed by atoms with van der Waals surface area (Å²) in [6.45, 7) is 0. The molecule has 0 radical (unpaired) electrons. The Balaban J connectivity index is 1.56. The average Bonchev–Trinajstić information content (AvgIpc) is 3.13. The molecule has 0 bridgehead atoms. The van der Waals surface area contributed by atoms with Gasteiger partial charge in [-0.2, -0.15) is 5.26 Å². The molecule has 4 nitrogen and oxygen atoms in total. The summed E-state index contributed by atoms with van der Waals surface area (Å²) in [5, 5.41) is 11.6. The van der Waals surface area contributed by atoms with Crippen LogP contribution in [0.1, 0.15) is 17.0 Å². The van der Waals surface area contributed by atoms with Crippen molar-refractivity contribution in [1.82, 2.24) is 9.97 Å². The Kier molecular flexibility index (Phi) is 5.24. The molecule has 28 heavy (non-hydrogen) atoms. The number of H-pyrrole nitrogens is 1. The van der Waals surface area contributed by atoms with E-state index < -0.39 is 0 Å². The van der Waals surface area contributed by atoms with E-state index in [2.05, 4.69) is 16.0 Å². The molecule has 0 aliphatic rings. The molecule has 7 heteroatoms. The molecule has 0 saturated carbocycles. The van der Waals surface area contributed by atoms with E-state index in [1.807, 2.05) is 23.6 Å². The topological polar surface area (TPSA) is 69.5 Å². The van der Waals surface area contributed by atoms with Gasteiger partial charge in [-0.25, -0.2) is 9.37 Å². The highest BCUT2D eigenvalue weighted by Gasteiger charge is 2.13. The van der Waals surface area contributed by atoms with Gasteiger partial charge in [0, 0.05) is 16.7 Å². The summed E-state index contributed by atoms with van der Waals surface area (Å²) in [7, 11) is 0. The monoisotopic (exact) mass is 407 g/mol. The number of fused-ring (bicyclic) bond motifs is 1. The third-order valence-corrected chi connectivity index (χ3v) is 6.15. The highest BCUT2D eigenvalue weighted by Crippen LogP contribution is 2.31. The summed E-state index contributed by atoms with van der Waals surface area (Å²) >= 11 is 2.99. The molecule has 0 aliphatic carbocycles. The summed E-state index contributed by atoms with van der Waals surface area (Å²) in [5.41, 5.74) is 2.98. The molecule has 2 aromatic carbocycles. The number of halogens is 1. The Bertz CT molecular complexity index is 1240. The summed E-state index contributed by atoms with van der Waals surface area (Å²) in [6, 6.07) is 15.7. The molecule has 138 valence electrons. The molecular formula is C21H14FN3OS2. The van der Waals surface area contributed by atoms with E-state index in [4.69, 9.17) is 5.26 Å². The Hall–Kier alpha value is -2.95. The van der Waals surface area contributed by atoms with Crippen molar-refractivity contribution in [3.63, 3.8) is 0 Å². The van der Waals surface area contributed by atoms with E-state index in [-0.39, 0.29) is 11.4 Å². The van der Waals surface area contributed by atoms with E-state index in [9.17, 15) is 9.18 Å². The van der Waals surface area contributed by atoms with Crippen molar-refractivity contribution in [3.05, 3.63) is 87.0 Å². The number of benzene rings is 2. The second-order valence-electron chi connectivity index (χ2n) is 6.11. The first kappa shape index (κ1) is 18.4. The van der Waals surface area contributed by atoms with Gasteiger partial charge >= 0.3 is 0 Å². The van der Waals surface area contributed by atoms with Crippen molar-refractivity contribution >= 4 is 33.3 Å². The predicted molar refractivity (Wildman–Crippen MR) is 112 cm³/mol. The Morgan fingerprint density at radius 2 is 1.93 bits per heavy atom. The van der Waals surface area contributed by atoms with E-state index in [0.29, 0.717) is 33.1 Å². The van der Waals surface area contributed by atoms with Crippen LogP contribution in [0.5, 0.6) is 0 Å². The molecule has 0 fully saturated rings. The van der Waals surface area contributed by atoms with Crippen molar-refractivity contribution in [2.75, 3.05) is 0 Å². The van der Waals surface area contributed by atoms with Crippen LogP contribution in [0.3, 0.4) is 0 Å². The largest absolute Gasteiger partial charge is 0.309 e. The first-order chi connectivity index (χ1) is 13.7. The molecule has 0 saturated heterocycles. The van der Waals surface area contributed by atoms with E-state index in [1.54, 1.807) is 30.0 Å². The molecule has 1 N–H and O–H groups in total. The number of hydrogen-bond donors (Lipinski definition) is 1. The van der Waals surface area contributed by atoms with Gasteiger partial charge in [-0.1, -0.05) is 30.3 Å². The van der Waals surface area contributed by atoms with Gasteiger partial charge in [0.05, 0.1) is 22.8 Å². The van der Waals surface area contributed by atoms with Gasteiger partial charge in [0.1, 0.15) is 16.5 Å². The van der Waals surface area contributed by atoms with Gasteiger partial charge in [0.15, 0.2) is 0 Å². The normalized spacial score (nSPS) is 10.9. The minimum Gasteiger partial charge on any atom is -0.309 e. The maximum absolute atomic E-state index is 13.2. The van der Waals surface area contributed by atoms with Crippen LogP contribution >= 0.6 is 23.1 Å². The van der Waals surface area contributed by atoms with Crippen molar-refractivity contribution in [2.45, 2.75) is 11.5 Å². The zero-order valence-electron chi connectivity index (χ0n) is 14.6. The lowest BCUT2D eigenvalue weighted by atomic mass is 10.1. The Morgan fingerprint density at radius 1 is 1.14 bits per heavy atom. The summed E-state index contributed by atoms with van der Waals surface area (Å²) < 4.78 is 13.2. The van der Waals surface area contributed by atoms with E-state index >= 15 is 0 Å². The molecule has 4 aromatic rings. The number of nitriles is 1. The molecule has 0 atom stereocenters. The molecular weight excluding hydrogens is 393 g/mol. The lowest BCUT2D eigenvalue weighted by molar-refractivity contribution is 0.628. The smallest absolute Gasteiger partial charge is 0.260 e. The maximum atomic E-state index is 13.2.